The third-order valence-electron chi connectivity index (χ3n) is 2.37. The second-order valence-electron chi connectivity index (χ2n) is 3.67. The minimum atomic E-state index is -1.09. The van der Waals surface area contributed by atoms with Crippen LogP contribution in [0.2, 0.25) is 5.02 Å². The minimum absolute atomic E-state index is 0.0262. The number of nitrogens with zero attached hydrogens (tertiary/aromatic N) is 1. The van der Waals surface area contributed by atoms with Crippen LogP contribution in [0.5, 0.6) is 0 Å². The predicted octanol–water partition coefficient (Wildman–Crippen LogP) is 2.29. The van der Waals surface area contributed by atoms with Gasteiger partial charge in [0.15, 0.2) is 0 Å². The van der Waals surface area contributed by atoms with E-state index in [0.29, 0.717) is 11.4 Å². The molecule has 0 bridgehead atoms. The first-order valence-electron chi connectivity index (χ1n) is 5.33. The van der Waals surface area contributed by atoms with Gasteiger partial charge in [0.05, 0.1) is 10.6 Å². The standard InChI is InChI=1S/C13H9ClN2O3/c14-12-8(2-1-3-9(12)13(18)19)4-5-10-15-7-6-11(17)16-10/h1-7H,(H,18,19)(H,15,16,17)/b5-4+. The number of carboxylic acids is 1. The highest BCUT2D eigenvalue weighted by Crippen LogP contribution is 2.22. The van der Waals surface area contributed by atoms with Crippen molar-refractivity contribution < 1.29 is 9.90 Å². The topological polar surface area (TPSA) is 83.0 Å². The van der Waals surface area contributed by atoms with Crippen LogP contribution in [0.25, 0.3) is 12.2 Å². The molecule has 0 amide bonds. The number of aromatic nitrogens is 2. The molecule has 2 aromatic rings. The number of nitrogens with one attached hydrogen (secondary N) is 1. The number of hydrogen-bond acceptors (Lipinski definition) is 3. The summed E-state index contributed by atoms with van der Waals surface area (Å²) in [4.78, 5) is 28.5. The molecule has 2 rings (SSSR count). The number of benzene rings is 1. The SMILES string of the molecule is O=C(O)c1cccc(/C=C/c2nccc(=O)[nH]2)c1Cl. The molecule has 19 heavy (non-hydrogen) atoms. The normalized spacial score (nSPS) is 10.8. The first-order valence-corrected chi connectivity index (χ1v) is 5.71. The Morgan fingerprint density at radius 1 is 1.32 bits per heavy atom. The quantitative estimate of drug-likeness (QED) is 0.901. The molecule has 0 aliphatic heterocycles. The van der Waals surface area contributed by atoms with Crippen molar-refractivity contribution in [1.82, 2.24) is 9.97 Å². The van der Waals surface area contributed by atoms with Crippen molar-refractivity contribution in [2.24, 2.45) is 0 Å². The van der Waals surface area contributed by atoms with Gasteiger partial charge in [-0.15, -0.1) is 0 Å². The number of H-pyrrole nitrogens is 1. The number of aromatic carboxylic acids is 1. The monoisotopic (exact) mass is 276 g/mol. The van der Waals surface area contributed by atoms with Crippen molar-refractivity contribution in [3.8, 4) is 0 Å². The van der Waals surface area contributed by atoms with Gasteiger partial charge in [0.25, 0.3) is 5.56 Å². The van der Waals surface area contributed by atoms with E-state index in [1.807, 2.05) is 0 Å². The fourth-order valence-electron chi connectivity index (χ4n) is 1.48. The molecule has 5 nitrogen and oxygen atoms in total. The highest BCUT2D eigenvalue weighted by atomic mass is 35.5. The van der Waals surface area contributed by atoms with Crippen molar-refractivity contribution in [2.75, 3.05) is 0 Å². The summed E-state index contributed by atoms with van der Waals surface area (Å²) in [6.45, 7) is 0. The second-order valence-corrected chi connectivity index (χ2v) is 4.04. The molecule has 0 aliphatic carbocycles. The van der Waals surface area contributed by atoms with Crippen LogP contribution in [0.15, 0.2) is 35.3 Å². The Bertz CT molecular complexity index is 707. The molecule has 0 radical (unpaired) electrons. The number of carbonyl (C=O) groups is 1. The van der Waals surface area contributed by atoms with Gasteiger partial charge >= 0.3 is 5.97 Å². The second kappa shape index (κ2) is 5.49. The van der Waals surface area contributed by atoms with Crippen molar-refractivity contribution in [2.45, 2.75) is 0 Å². The summed E-state index contributed by atoms with van der Waals surface area (Å²) < 4.78 is 0. The molecule has 1 aromatic heterocycles. The van der Waals surface area contributed by atoms with Gasteiger partial charge in [0.2, 0.25) is 0 Å². The van der Waals surface area contributed by atoms with Gasteiger partial charge in [0.1, 0.15) is 5.82 Å². The lowest BCUT2D eigenvalue weighted by Gasteiger charge is -2.02. The Morgan fingerprint density at radius 3 is 2.79 bits per heavy atom. The van der Waals surface area contributed by atoms with Crippen LogP contribution in [0.4, 0.5) is 0 Å². The Morgan fingerprint density at radius 2 is 2.11 bits per heavy atom. The molecule has 0 saturated carbocycles. The highest BCUT2D eigenvalue weighted by Gasteiger charge is 2.10. The zero-order chi connectivity index (χ0) is 13.8. The lowest BCUT2D eigenvalue weighted by molar-refractivity contribution is 0.0697. The molecular formula is C13H9ClN2O3. The summed E-state index contributed by atoms with van der Waals surface area (Å²) in [7, 11) is 0. The Kier molecular flexibility index (Phi) is 3.77. The Labute approximate surface area is 113 Å². The van der Waals surface area contributed by atoms with Gasteiger partial charge in [-0.25, -0.2) is 9.78 Å². The van der Waals surface area contributed by atoms with E-state index in [9.17, 15) is 9.59 Å². The zero-order valence-electron chi connectivity index (χ0n) is 9.63. The van der Waals surface area contributed by atoms with Gasteiger partial charge in [-0.05, 0) is 23.8 Å². The van der Waals surface area contributed by atoms with E-state index < -0.39 is 5.97 Å². The molecule has 0 unspecified atom stereocenters. The molecule has 2 N–H and O–H groups in total. The van der Waals surface area contributed by atoms with Gasteiger partial charge in [-0.3, -0.25) is 4.79 Å². The predicted molar refractivity (Wildman–Crippen MR) is 72.2 cm³/mol. The highest BCUT2D eigenvalue weighted by molar-refractivity contribution is 6.35. The van der Waals surface area contributed by atoms with Crippen LogP contribution in [-0.2, 0) is 0 Å². The van der Waals surface area contributed by atoms with E-state index in [1.54, 1.807) is 24.3 Å². The molecule has 0 fully saturated rings. The Hall–Kier alpha value is -2.40. The van der Waals surface area contributed by atoms with E-state index in [4.69, 9.17) is 16.7 Å². The molecule has 0 atom stereocenters. The maximum atomic E-state index is 11.1. The van der Waals surface area contributed by atoms with Crippen molar-refractivity contribution in [3.05, 3.63) is 62.8 Å². The van der Waals surface area contributed by atoms with Gasteiger partial charge in [-0.1, -0.05) is 23.7 Å². The molecule has 1 aromatic carbocycles. The van der Waals surface area contributed by atoms with E-state index in [1.165, 1.54) is 18.3 Å². The van der Waals surface area contributed by atoms with Crippen molar-refractivity contribution in [3.63, 3.8) is 0 Å². The van der Waals surface area contributed by atoms with E-state index >= 15 is 0 Å². The lowest BCUT2D eigenvalue weighted by atomic mass is 10.1. The van der Waals surface area contributed by atoms with Crippen LogP contribution in [-0.4, -0.2) is 21.0 Å². The number of hydrogen-bond donors (Lipinski definition) is 2. The fraction of sp³-hybridized carbons (Fsp3) is 0. The summed E-state index contributed by atoms with van der Waals surface area (Å²) in [5, 5.41) is 9.09. The summed E-state index contributed by atoms with van der Waals surface area (Å²) in [5.41, 5.74) is 0.298. The number of rotatable bonds is 3. The van der Waals surface area contributed by atoms with Gasteiger partial charge in [-0.2, -0.15) is 0 Å². The zero-order valence-corrected chi connectivity index (χ0v) is 10.4. The van der Waals surface area contributed by atoms with Crippen molar-refractivity contribution >= 4 is 29.7 Å². The molecule has 0 aliphatic rings. The molecular weight excluding hydrogens is 268 g/mol. The van der Waals surface area contributed by atoms with Crippen LogP contribution in [0.3, 0.4) is 0 Å². The maximum Gasteiger partial charge on any atom is 0.337 e. The number of aromatic amines is 1. The summed E-state index contributed by atoms with van der Waals surface area (Å²) in [5.74, 6) is -0.726. The van der Waals surface area contributed by atoms with Crippen LogP contribution >= 0.6 is 11.6 Å². The van der Waals surface area contributed by atoms with Gasteiger partial charge in [0, 0.05) is 12.3 Å². The average molecular weight is 277 g/mol. The third kappa shape index (κ3) is 3.08. The van der Waals surface area contributed by atoms with Gasteiger partial charge < -0.3 is 10.1 Å². The third-order valence-corrected chi connectivity index (χ3v) is 2.79. The lowest BCUT2D eigenvalue weighted by Crippen LogP contribution is -2.05. The summed E-state index contributed by atoms with van der Waals surface area (Å²) in [6, 6.07) is 5.99. The van der Waals surface area contributed by atoms with E-state index in [2.05, 4.69) is 9.97 Å². The molecule has 96 valence electrons. The molecule has 6 heteroatoms. The van der Waals surface area contributed by atoms with E-state index in [0.717, 1.165) is 0 Å². The maximum absolute atomic E-state index is 11.1. The Balaban J connectivity index is 2.36. The molecule has 1 heterocycles. The fourth-order valence-corrected chi connectivity index (χ4v) is 1.75. The minimum Gasteiger partial charge on any atom is -0.478 e. The average Bonchev–Trinajstić information content (AvgIpc) is 2.37. The first-order chi connectivity index (χ1) is 9.08. The van der Waals surface area contributed by atoms with Crippen LogP contribution in [0, 0.1) is 0 Å². The van der Waals surface area contributed by atoms with Crippen LogP contribution < -0.4 is 5.56 Å². The first kappa shape index (κ1) is 13.0. The smallest absolute Gasteiger partial charge is 0.337 e. The van der Waals surface area contributed by atoms with E-state index in [-0.39, 0.29) is 16.1 Å². The summed E-state index contributed by atoms with van der Waals surface area (Å²) in [6.07, 6.45) is 4.52. The number of halogens is 1. The van der Waals surface area contributed by atoms with Crippen molar-refractivity contribution in [1.29, 1.82) is 0 Å². The van der Waals surface area contributed by atoms with Crippen LogP contribution in [0.1, 0.15) is 21.7 Å². The molecule has 0 spiro atoms. The largest absolute Gasteiger partial charge is 0.478 e. The summed E-state index contributed by atoms with van der Waals surface area (Å²) >= 11 is 5.98. The molecule has 0 saturated heterocycles. The number of carboxylic acid groups (broad SMARTS) is 1.